The van der Waals surface area contributed by atoms with Crippen molar-refractivity contribution in [2.24, 2.45) is 0 Å². The highest BCUT2D eigenvalue weighted by molar-refractivity contribution is 9.10. The third-order valence-corrected chi connectivity index (χ3v) is 3.58. The van der Waals surface area contributed by atoms with Crippen molar-refractivity contribution >= 4 is 38.9 Å². The van der Waals surface area contributed by atoms with Gasteiger partial charge < -0.3 is 10.6 Å². The third-order valence-electron chi connectivity index (χ3n) is 2.80. The normalized spacial score (nSPS) is 10.0. The molecule has 2 rings (SSSR count). The molecule has 0 fully saturated rings. The van der Waals surface area contributed by atoms with Crippen molar-refractivity contribution in [1.29, 1.82) is 0 Å². The molecule has 0 bridgehead atoms. The first-order valence-corrected chi connectivity index (χ1v) is 7.20. The van der Waals surface area contributed by atoms with E-state index in [0.29, 0.717) is 5.11 Å². The van der Waals surface area contributed by atoms with Crippen LogP contribution >= 0.6 is 28.1 Å². The molecular weight excluding hydrogens is 320 g/mol. The van der Waals surface area contributed by atoms with Crippen LogP contribution in [-0.4, -0.2) is 5.11 Å². The standard InChI is InChI=1S/C15H15BrN2S/c1-11-4-2-3-5-12(11)10-17-15(19)18-14-8-6-13(16)7-9-14/h2-9H,10H2,1H3,(H2,17,18,19). The number of hydrogen-bond acceptors (Lipinski definition) is 1. The highest BCUT2D eigenvalue weighted by Gasteiger charge is 2.00. The van der Waals surface area contributed by atoms with Crippen LogP contribution in [0.15, 0.2) is 53.0 Å². The molecule has 0 saturated heterocycles. The second kappa shape index (κ2) is 6.68. The van der Waals surface area contributed by atoms with E-state index < -0.39 is 0 Å². The van der Waals surface area contributed by atoms with Gasteiger partial charge in [-0.25, -0.2) is 0 Å². The molecule has 98 valence electrons. The summed E-state index contributed by atoms with van der Waals surface area (Å²) in [6.07, 6.45) is 0. The second-order valence-corrected chi connectivity index (χ2v) is 5.56. The molecule has 2 aromatic rings. The molecule has 2 N–H and O–H groups in total. The predicted molar refractivity (Wildman–Crippen MR) is 88.4 cm³/mol. The lowest BCUT2D eigenvalue weighted by Gasteiger charge is -2.12. The van der Waals surface area contributed by atoms with Crippen LogP contribution in [0, 0.1) is 6.92 Å². The van der Waals surface area contributed by atoms with Crippen molar-refractivity contribution in [3.8, 4) is 0 Å². The molecule has 0 heterocycles. The van der Waals surface area contributed by atoms with Crippen LogP contribution in [0.25, 0.3) is 0 Å². The van der Waals surface area contributed by atoms with Crippen molar-refractivity contribution in [3.63, 3.8) is 0 Å². The summed E-state index contributed by atoms with van der Waals surface area (Å²) in [5.41, 5.74) is 3.49. The van der Waals surface area contributed by atoms with Gasteiger partial charge in [-0.05, 0) is 54.5 Å². The minimum atomic E-state index is 0.630. The fourth-order valence-electron chi connectivity index (χ4n) is 1.69. The number of anilines is 1. The van der Waals surface area contributed by atoms with Crippen LogP contribution in [0.3, 0.4) is 0 Å². The maximum atomic E-state index is 5.28. The molecular formula is C15H15BrN2S. The maximum absolute atomic E-state index is 5.28. The van der Waals surface area contributed by atoms with Gasteiger partial charge in [-0.3, -0.25) is 0 Å². The van der Waals surface area contributed by atoms with Gasteiger partial charge in [-0.2, -0.15) is 0 Å². The van der Waals surface area contributed by atoms with Crippen molar-refractivity contribution in [2.45, 2.75) is 13.5 Å². The average molecular weight is 335 g/mol. The van der Waals surface area contributed by atoms with Crippen LogP contribution in [0.2, 0.25) is 0 Å². The molecule has 19 heavy (non-hydrogen) atoms. The molecule has 0 atom stereocenters. The van der Waals surface area contributed by atoms with Crippen LogP contribution < -0.4 is 10.6 Å². The van der Waals surface area contributed by atoms with Crippen LogP contribution in [0.5, 0.6) is 0 Å². The van der Waals surface area contributed by atoms with Crippen LogP contribution in [-0.2, 0) is 6.54 Å². The van der Waals surface area contributed by atoms with Gasteiger partial charge in [0.15, 0.2) is 5.11 Å². The van der Waals surface area contributed by atoms with Crippen molar-refractivity contribution in [1.82, 2.24) is 5.32 Å². The zero-order chi connectivity index (χ0) is 13.7. The Morgan fingerprint density at radius 2 is 1.79 bits per heavy atom. The lowest BCUT2D eigenvalue weighted by atomic mass is 10.1. The molecule has 4 heteroatoms. The van der Waals surface area contributed by atoms with E-state index in [1.165, 1.54) is 11.1 Å². The SMILES string of the molecule is Cc1ccccc1CNC(=S)Nc1ccc(Br)cc1. The van der Waals surface area contributed by atoms with E-state index >= 15 is 0 Å². The minimum Gasteiger partial charge on any atom is -0.358 e. The molecule has 0 spiro atoms. The molecule has 0 unspecified atom stereocenters. The lowest BCUT2D eigenvalue weighted by Crippen LogP contribution is -2.28. The van der Waals surface area contributed by atoms with Gasteiger partial charge in [-0.1, -0.05) is 40.2 Å². The average Bonchev–Trinajstić information content (AvgIpc) is 2.40. The number of rotatable bonds is 3. The zero-order valence-electron chi connectivity index (χ0n) is 10.6. The van der Waals surface area contributed by atoms with E-state index in [0.717, 1.165) is 16.7 Å². The second-order valence-electron chi connectivity index (χ2n) is 4.24. The van der Waals surface area contributed by atoms with Gasteiger partial charge in [0.25, 0.3) is 0 Å². The first-order chi connectivity index (χ1) is 9.15. The molecule has 0 radical (unpaired) electrons. The topological polar surface area (TPSA) is 24.1 Å². The number of benzene rings is 2. The summed E-state index contributed by atoms with van der Waals surface area (Å²) in [6, 6.07) is 16.2. The van der Waals surface area contributed by atoms with Crippen molar-refractivity contribution in [3.05, 3.63) is 64.1 Å². The Labute approximate surface area is 127 Å². The quantitative estimate of drug-likeness (QED) is 0.821. The van der Waals surface area contributed by atoms with Gasteiger partial charge in [0, 0.05) is 16.7 Å². The molecule has 2 aromatic carbocycles. The maximum Gasteiger partial charge on any atom is 0.171 e. The van der Waals surface area contributed by atoms with Crippen molar-refractivity contribution in [2.75, 3.05) is 5.32 Å². The van der Waals surface area contributed by atoms with E-state index in [9.17, 15) is 0 Å². The molecule has 0 aromatic heterocycles. The smallest absolute Gasteiger partial charge is 0.171 e. The zero-order valence-corrected chi connectivity index (χ0v) is 13.0. The Balaban J connectivity index is 1.88. The Morgan fingerprint density at radius 3 is 2.47 bits per heavy atom. The largest absolute Gasteiger partial charge is 0.358 e. The number of aryl methyl sites for hydroxylation is 1. The molecule has 0 aliphatic carbocycles. The van der Waals surface area contributed by atoms with Gasteiger partial charge in [0.2, 0.25) is 0 Å². The molecule has 2 nitrogen and oxygen atoms in total. The van der Waals surface area contributed by atoms with E-state index in [4.69, 9.17) is 12.2 Å². The predicted octanol–water partition coefficient (Wildman–Crippen LogP) is 4.24. The first-order valence-electron chi connectivity index (χ1n) is 6.00. The van der Waals surface area contributed by atoms with Crippen LogP contribution in [0.1, 0.15) is 11.1 Å². The van der Waals surface area contributed by atoms with E-state index in [1.54, 1.807) is 0 Å². The summed E-state index contributed by atoms with van der Waals surface area (Å²) in [5, 5.41) is 7.00. The molecule has 0 saturated carbocycles. The fraction of sp³-hybridized carbons (Fsp3) is 0.133. The summed E-state index contributed by atoms with van der Waals surface area (Å²) >= 11 is 8.68. The Kier molecular flexibility index (Phi) is 4.93. The van der Waals surface area contributed by atoms with E-state index in [1.807, 2.05) is 36.4 Å². The van der Waals surface area contributed by atoms with Gasteiger partial charge in [0.1, 0.15) is 0 Å². The Hall–Kier alpha value is -1.39. The van der Waals surface area contributed by atoms with Gasteiger partial charge in [-0.15, -0.1) is 0 Å². The first kappa shape index (κ1) is 14.0. The molecule has 0 aliphatic heterocycles. The summed E-state index contributed by atoms with van der Waals surface area (Å²) in [4.78, 5) is 0. The molecule has 0 aliphatic rings. The monoisotopic (exact) mass is 334 g/mol. The minimum absolute atomic E-state index is 0.630. The van der Waals surface area contributed by atoms with Gasteiger partial charge >= 0.3 is 0 Å². The molecule has 0 amide bonds. The highest BCUT2D eigenvalue weighted by atomic mass is 79.9. The van der Waals surface area contributed by atoms with Gasteiger partial charge in [0.05, 0.1) is 0 Å². The fourth-order valence-corrected chi connectivity index (χ4v) is 2.15. The number of halogens is 1. The Bertz CT molecular complexity index is 567. The summed E-state index contributed by atoms with van der Waals surface area (Å²) in [7, 11) is 0. The van der Waals surface area contributed by atoms with Crippen LogP contribution in [0.4, 0.5) is 5.69 Å². The third kappa shape index (κ3) is 4.33. The summed E-state index contributed by atoms with van der Waals surface area (Å²) in [6.45, 7) is 2.83. The Morgan fingerprint density at radius 1 is 1.11 bits per heavy atom. The number of nitrogens with one attached hydrogen (secondary N) is 2. The number of thiocarbonyl (C=S) groups is 1. The summed E-state index contributed by atoms with van der Waals surface area (Å²) < 4.78 is 1.05. The number of hydrogen-bond donors (Lipinski definition) is 2. The van der Waals surface area contributed by atoms with Crippen molar-refractivity contribution < 1.29 is 0 Å². The lowest BCUT2D eigenvalue weighted by molar-refractivity contribution is 0.915. The summed E-state index contributed by atoms with van der Waals surface area (Å²) in [5.74, 6) is 0. The van der Waals surface area contributed by atoms with E-state index in [-0.39, 0.29) is 0 Å². The van der Waals surface area contributed by atoms with E-state index in [2.05, 4.69) is 45.6 Å². The highest BCUT2D eigenvalue weighted by Crippen LogP contribution is 2.14.